The van der Waals surface area contributed by atoms with Crippen molar-refractivity contribution in [1.82, 2.24) is 5.32 Å². The van der Waals surface area contributed by atoms with Crippen LogP contribution < -0.4 is 10.2 Å². The van der Waals surface area contributed by atoms with Crippen LogP contribution in [0.1, 0.15) is 32.8 Å². The van der Waals surface area contributed by atoms with Gasteiger partial charge in [0.05, 0.1) is 0 Å². The Balaban J connectivity index is 2.87. The van der Waals surface area contributed by atoms with E-state index in [1.165, 1.54) is 17.7 Å². The first-order valence-electron chi connectivity index (χ1n) is 6.27. The first kappa shape index (κ1) is 14.5. The molecule has 1 N–H and O–H groups in total. The topological polar surface area (TPSA) is 15.3 Å². The van der Waals surface area contributed by atoms with Crippen molar-refractivity contribution in [1.29, 1.82) is 0 Å². The second-order valence-corrected chi connectivity index (χ2v) is 5.65. The van der Waals surface area contributed by atoms with E-state index >= 15 is 0 Å². The SMILES string of the molecule is CCCN(C)c1cc(Br)ccc1CNC(C)C. The Labute approximate surface area is 114 Å². The van der Waals surface area contributed by atoms with Crippen LogP contribution in [0.2, 0.25) is 0 Å². The maximum Gasteiger partial charge on any atom is 0.0420 e. The maximum absolute atomic E-state index is 3.55. The second-order valence-electron chi connectivity index (χ2n) is 4.73. The summed E-state index contributed by atoms with van der Waals surface area (Å²) in [6, 6.07) is 7.03. The molecule has 0 atom stereocenters. The molecule has 17 heavy (non-hydrogen) atoms. The Morgan fingerprint density at radius 3 is 2.65 bits per heavy atom. The predicted octanol–water partition coefficient (Wildman–Crippen LogP) is 3.79. The average Bonchev–Trinajstić information content (AvgIpc) is 2.27. The zero-order valence-corrected chi connectivity index (χ0v) is 12.8. The Morgan fingerprint density at radius 2 is 2.06 bits per heavy atom. The minimum atomic E-state index is 0.517. The fourth-order valence-electron chi connectivity index (χ4n) is 1.81. The Morgan fingerprint density at radius 1 is 1.35 bits per heavy atom. The Kier molecular flexibility index (Phi) is 6.00. The standard InChI is InChI=1S/C14H23BrN2/c1-5-8-17(4)14-9-13(15)7-6-12(14)10-16-11(2)3/h6-7,9,11,16H,5,8,10H2,1-4H3. The third-order valence-corrected chi connectivity index (χ3v) is 3.21. The van der Waals surface area contributed by atoms with E-state index in [0.29, 0.717) is 6.04 Å². The molecule has 1 rings (SSSR count). The summed E-state index contributed by atoms with van der Waals surface area (Å²) in [6.45, 7) is 8.57. The van der Waals surface area contributed by atoms with Gasteiger partial charge in [0.15, 0.2) is 0 Å². The monoisotopic (exact) mass is 298 g/mol. The van der Waals surface area contributed by atoms with Crippen LogP contribution in [0.4, 0.5) is 5.69 Å². The van der Waals surface area contributed by atoms with Gasteiger partial charge < -0.3 is 10.2 Å². The lowest BCUT2D eigenvalue weighted by Gasteiger charge is -2.23. The van der Waals surface area contributed by atoms with Crippen LogP contribution in [0, 0.1) is 0 Å². The van der Waals surface area contributed by atoms with Gasteiger partial charge in [-0.1, -0.05) is 42.8 Å². The number of anilines is 1. The summed E-state index contributed by atoms with van der Waals surface area (Å²) >= 11 is 3.55. The molecule has 0 bridgehead atoms. The van der Waals surface area contributed by atoms with Crippen molar-refractivity contribution >= 4 is 21.6 Å². The minimum Gasteiger partial charge on any atom is -0.374 e. The lowest BCUT2D eigenvalue weighted by atomic mass is 10.1. The van der Waals surface area contributed by atoms with Crippen molar-refractivity contribution in [3.05, 3.63) is 28.2 Å². The molecule has 0 fully saturated rings. The molecule has 96 valence electrons. The van der Waals surface area contributed by atoms with E-state index in [9.17, 15) is 0 Å². The summed E-state index contributed by atoms with van der Waals surface area (Å²) in [5.41, 5.74) is 2.67. The summed E-state index contributed by atoms with van der Waals surface area (Å²) < 4.78 is 1.14. The zero-order valence-electron chi connectivity index (χ0n) is 11.3. The van der Waals surface area contributed by atoms with E-state index in [4.69, 9.17) is 0 Å². The first-order chi connectivity index (χ1) is 8.04. The van der Waals surface area contributed by atoms with Crippen LogP contribution >= 0.6 is 15.9 Å². The second kappa shape index (κ2) is 7.02. The van der Waals surface area contributed by atoms with Crippen LogP contribution in [0.25, 0.3) is 0 Å². The van der Waals surface area contributed by atoms with Gasteiger partial charge in [-0.15, -0.1) is 0 Å². The van der Waals surface area contributed by atoms with Crippen LogP contribution in [-0.2, 0) is 6.54 Å². The van der Waals surface area contributed by atoms with E-state index in [1.54, 1.807) is 0 Å². The third-order valence-electron chi connectivity index (χ3n) is 2.72. The molecule has 0 unspecified atom stereocenters. The van der Waals surface area contributed by atoms with Crippen molar-refractivity contribution in [2.75, 3.05) is 18.5 Å². The molecule has 0 aliphatic rings. The quantitative estimate of drug-likeness (QED) is 0.859. The fourth-order valence-corrected chi connectivity index (χ4v) is 2.16. The molecule has 0 radical (unpaired) electrons. The molecule has 0 amide bonds. The molecule has 0 heterocycles. The van der Waals surface area contributed by atoms with Gasteiger partial charge in [0.2, 0.25) is 0 Å². The highest BCUT2D eigenvalue weighted by atomic mass is 79.9. The highest BCUT2D eigenvalue weighted by Crippen LogP contribution is 2.24. The molecule has 0 aliphatic heterocycles. The lowest BCUT2D eigenvalue weighted by molar-refractivity contribution is 0.588. The van der Waals surface area contributed by atoms with E-state index in [2.05, 4.69) is 72.2 Å². The molecule has 2 nitrogen and oxygen atoms in total. The summed E-state index contributed by atoms with van der Waals surface area (Å²) in [5, 5.41) is 3.48. The van der Waals surface area contributed by atoms with E-state index in [0.717, 1.165) is 17.6 Å². The number of nitrogens with one attached hydrogen (secondary N) is 1. The highest BCUT2D eigenvalue weighted by molar-refractivity contribution is 9.10. The zero-order chi connectivity index (χ0) is 12.8. The molecule has 3 heteroatoms. The highest BCUT2D eigenvalue weighted by Gasteiger charge is 2.08. The summed E-state index contributed by atoms with van der Waals surface area (Å²) in [5.74, 6) is 0. The van der Waals surface area contributed by atoms with E-state index < -0.39 is 0 Å². The molecule has 1 aromatic rings. The van der Waals surface area contributed by atoms with Gasteiger partial charge in [-0.25, -0.2) is 0 Å². The number of rotatable bonds is 6. The molecule has 0 spiro atoms. The summed E-state index contributed by atoms with van der Waals surface area (Å²) in [6.07, 6.45) is 1.17. The summed E-state index contributed by atoms with van der Waals surface area (Å²) in [4.78, 5) is 2.32. The number of halogens is 1. The van der Waals surface area contributed by atoms with Gasteiger partial charge in [-0.05, 0) is 24.1 Å². The minimum absolute atomic E-state index is 0.517. The first-order valence-corrected chi connectivity index (χ1v) is 7.06. The van der Waals surface area contributed by atoms with Gasteiger partial charge in [-0.2, -0.15) is 0 Å². The molecule has 0 saturated heterocycles. The Hall–Kier alpha value is -0.540. The smallest absolute Gasteiger partial charge is 0.0420 e. The number of hydrogen-bond donors (Lipinski definition) is 1. The van der Waals surface area contributed by atoms with Gasteiger partial charge in [-0.3, -0.25) is 0 Å². The lowest BCUT2D eigenvalue weighted by Crippen LogP contribution is -2.25. The molecule has 0 aliphatic carbocycles. The van der Waals surface area contributed by atoms with Crippen molar-refractivity contribution in [2.45, 2.75) is 39.8 Å². The predicted molar refractivity (Wildman–Crippen MR) is 79.7 cm³/mol. The Bertz CT molecular complexity index is 350. The fraction of sp³-hybridized carbons (Fsp3) is 0.571. The van der Waals surface area contributed by atoms with E-state index in [-0.39, 0.29) is 0 Å². The van der Waals surface area contributed by atoms with Crippen LogP contribution in [0.3, 0.4) is 0 Å². The molecule has 1 aromatic carbocycles. The van der Waals surface area contributed by atoms with Gasteiger partial charge in [0.25, 0.3) is 0 Å². The molecule has 0 aromatic heterocycles. The van der Waals surface area contributed by atoms with Gasteiger partial charge in [0, 0.05) is 36.3 Å². The largest absolute Gasteiger partial charge is 0.374 e. The molecular weight excluding hydrogens is 276 g/mol. The van der Waals surface area contributed by atoms with Gasteiger partial charge in [0.1, 0.15) is 0 Å². The number of nitrogens with zero attached hydrogens (tertiary/aromatic N) is 1. The molecular formula is C14H23BrN2. The number of hydrogen-bond acceptors (Lipinski definition) is 2. The van der Waals surface area contributed by atoms with Crippen LogP contribution in [-0.4, -0.2) is 19.6 Å². The normalized spacial score (nSPS) is 10.9. The number of benzene rings is 1. The summed E-state index contributed by atoms with van der Waals surface area (Å²) in [7, 11) is 2.16. The van der Waals surface area contributed by atoms with Crippen molar-refractivity contribution < 1.29 is 0 Å². The average molecular weight is 299 g/mol. The van der Waals surface area contributed by atoms with Crippen molar-refractivity contribution in [3.63, 3.8) is 0 Å². The van der Waals surface area contributed by atoms with Gasteiger partial charge >= 0.3 is 0 Å². The van der Waals surface area contributed by atoms with Crippen molar-refractivity contribution in [3.8, 4) is 0 Å². The van der Waals surface area contributed by atoms with Crippen LogP contribution in [0.15, 0.2) is 22.7 Å². The third kappa shape index (κ3) is 4.68. The maximum atomic E-state index is 3.55. The van der Waals surface area contributed by atoms with Crippen LogP contribution in [0.5, 0.6) is 0 Å². The van der Waals surface area contributed by atoms with E-state index in [1.807, 2.05) is 0 Å². The van der Waals surface area contributed by atoms with Crippen molar-refractivity contribution in [2.24, 2.45) is 0 Å². The molecule has 0 saturated carbocycles.